The third kappa shape index (κ3) is 3.78. The van der Waals surface area contributed by atoms with Crippen LogP contribution in [0.3, 0.4) is 0 Å². The molecular formula is C19H26N4O3. The number of hydrogen-bond acceptors (Lipinski definition) is 5. The van der Waals surface area contributed by atoms with Gasteiger partial charge in [0.15, 0.2) is 5.69 Å². The minimum atomic E-state index is -0.297. The molecular weight excluding hydrogens is 332 g/mol. The summed E-state index contributed by atoms with van der Waals surface area (Å²) in [4.78, 5) is 26.9. The molecule has 1 amide bonds. The van der Waals surface area contributed by atoms with Crippen molar-refractivity contribution in [2.45, 2.75) is 45.4 Å². The number of carbonyl (C=O) groups is 1. The molecule has 7 nitrogen and oxygen atoms in total. The summed E-state index contributed by atoms with van der Waals surface area (Å²) in [6, 6.07) is 6.99. The molecule has 0 aliphatic carbocycles. The molecule has 1 aliphatic rings. The average molecular weight is 358 g/mol. The minimum Gasteiger partial charge on any atom is -0.373 e. The van der Waals surface area contributed by atoms with Gasteiger partial charge in [-0.25, -0.2) is 5.10 Å². The summed E-state index contributed by atoms with van der Waals surface area (Å²) in [6.45, 7) is 10.5. The number of nitrogens with zero attached hydrogens (tertiary/aromatic N) is 2. The Morgan fingerprint density at radius 3 is 2.54 bits per heavy atom. The summed E-state index contributed by atoms with van der Waals surface area (Å²) in [7, 11) is 0. The van der Waals surface area contributed by atoms with Crippen molar-refractivity contribution in [3.8, 4) is 0 Å². The number of amides is 1. The second kappa shape index (κ2) is 7.17. The molecule has 140 valence electrons. The Morgan fingerprint density at radius 2 is 1.88 bits per heavy atom. The maximum absolute atomic E-state index is 12.7. The summed E-state index contributed by atoms with van der Waals surface area (Å²) in [5.41, 5.74) is -0.284. The molecule has 7 heteroatoms. The number of nitrogens with one attached hydrogen (secondary N) is 2. The zero-order valence-corrected chi connectivity index (χ0v) is 15.7. The van der Waals surface area contributed by atoms with Gasteiger partial charge in [0, 0.05) is 30.6 Å². The van der Waals surface area contributed by atoms with Gasteiger partial charge >= 0.3 is 0 Å². The van der Waals surface area contributed by atoms with Crippen molar-refractivity contribution in [2.75, 3.05) is 19.6 Å². The van der Waals surface area contributed by atoms with Gasteiger partial charge in [0.05, 0.1) is 17.6 Å². The molecule has 1 aromatic heterocycles. The van der Waals surface area contributed by atoms with Crippen molar-refractivity contribution < 1.29 is 9.53 Å². The second-order valence-electron chi connectivity index (χ2n) is 7.60. The zero-order valence-electron chi connectivity index (χ0n) is 15.7. The van der Waals surface area contributed by atoms with Crippen LogP contribution in [0.1, 0.15) is 38.2 Å². The first kappa shape index (κ1) is 18.5. The highest BCUT2D eigenvalue weighted by molar-refractivity contribution is 6.04. The minimum absolute atomic E-state index is 0.165. The predicted octanol–water partition coefficient (Wildman–Crippen LogP) is 1.54. The average Bonchev–Trinajstić information content (AvgIpc) is 2.59. The molecule has 1 fully saturated rings. The third-order valence-corrected chi connectivity index (χ3v) is 4.87. The fourth-order valence-corrected chi connectivity index (χ4v) is 3.45. The van der Waals surface area contributed by atoms with Gasteiger partial charge in [-0.05, 0) is 33.8 Å². The molecule has 0 spiro atoms. The smallest absolute Gasteiger partial charge is 0.272 e. The first-order valence-corrected chi connectivity index (χ1v) is 8.94. The lowest BCUT2D eigenvalue weighted by Gasteiger charge is -2.45. The number of aromatic amines is 1. The molecule has 0 unspecified atom stereocenters. The Balaban J connectivity index is 1.75. The molecule has 1 saturated heterocycles. The van der Waals surface area contributed by atoms with E-state index in [1.807, 2.05) is 0 Å². The summed E-state index contributed by atoms with van der Waals surface area (Å²) in [6.07, 6.45) is 0.331. The van der Waals surface area contributed by atoms with Crippen molar-refractivity contribution >= 4 is 16.7 Å². The van der Waals surface area contributed by atoms with Gasteiger partial charge < -0.3 is 10.1 Å². The van der Waals surface area contributed by atoms with E-state index in [1.165, 1.54) is 0 Å². The van der Waals surface area contributed by atoms with Crippen LogP contribution < -0.4 is 10.9 Å². The van der Waals surface area contributed by atoms with Crippen LogP contribution in [0.25, 0.3) is 10.8 Å². The van der Waals surface area contributed by atoms with E-state index >= 15 is 0 Å². The highest BCUT2D eigenvalue weighted by Crippen LogP contribution is 2.21. The van der Waals surface area contributed by atoms with Gasteiger partial charge in [0.25, 0.3) is 11.5 Å². The molecule has 2 heterocycles. The maximum atomic E-state index is 12.7. The lowest BCUT2D eigenvalue weighted by Crippen LogP contribution is -2.58. The summed E-state index contributed by atoms with van der Waals surface area (Å²) in [5.74, 6) is -0.292. The number of hydrogen-bond donors (Lipinski definition) is 2. The van der Waals surface area contributed by atoms with Gasteiger partial charge in [-0.1, -0.05) is 18.2 Å². The number of carbonyl (C=O) groups excluding carboxylic acids is 1. The van der Waals surface area contributed by atoms with E-state index in [0.29, 0.717) is 17.3 Å². The van der Waals surface area contributed by atoms with Gasteiger partial charge in [-0.15, -0.1) is 0 Å². The van der Waals surface area contributed by atoms with E-state index in [4.69, 9.17) is 4.74 Å². The van der Waals surface area contributed by atoms with Crippen LogP contribution in [0.15, 0.2) is 29.1 Å². The Bertz CT molecular complexity index is 851. The van der Waals surface area contributed by atoms with Crippen molar-refractivity contribution in [1.29, 1.82) is 0 Å². The van der Waals surface area contributed by atoms with E-state index in [2.05, 4.69) is 48.1 Å². The predicted molar refractivity (Wildman–Crippen MR) is 100 cm³/mol. The molecule has 2 N–H and O–H groups in total. The van der Waals surface area contributed by atoms with E-state index in [0.717, 1.165) is 13.1 Å². The van der Waals surface area contributed by atoms with Crippen molar-refractivity contribution in [2.24, 2.45) is 0 Å². The lowest BCUT2D eigenvalue weighted by molar-refractivity contribution is -0.0948. The van der Waals surface area contributed by atoms with E-state index < -0.39 is 0 Å². The van der Waals surface area contributed by atoms with Crippen molar-refractivity contribution in [1.82, 2.24) is 20.4 Å². The third-order valence-electron chi connectivity index (χ3n) is 4.87. The Morgan fingerprint density at radius 1 is 1.27 bits per heavy atom. The molecule has 1 aromatic carbocycles. The molecule has 3 rings (SSSR count). The fourth-order valence-electron chi connectivity index (χ4n) is 3.45. The molecule has 26 heavy (non-hydrogen) atoms. The number of H-pyrrole nitrogens is 1. The van der Waals surface area contributed by atoms with E-state index in [1.54, 1.807) is 24.3 Å². The number of aromatic nitrogens is 2. The maximum Gasteiger partial charge on any atom is 0.272 e. The number of benzene rings is 1. The largest absolute Gasteiger partial charge is 0.373 e. The SMILES string of the molecule is C[C@H]1CN(C(C)(C)CNC(=O)c2n[nH]c(=O)c3ccccc23)C[C@H](C)O1. The van der Waals surface area contributed by atoms with E-state index in [-0.39, 0.29) is 34.9 Å². The van der Waals surface area contributed by atoms with Crippen LogP contribution in [-0.2, 0) is 4.74 Å². The number of rotatable bonds is 4. The fraction of sp³-hybridized carbons (Fsp3) is 0.526. The van der Waals surface area contributed by atoms with Gasteiger partial charge in [0.1, 0.15) is 0 Å². The monoisotopic (exact) mass is 358 g/mol. The molecule has 0 bridgehead atoms. The van der Waals surface area contributed by atoms with Crippen molar-refractivity contribution in [3.63, 3.8) is 0 Å². The van der Waals surface area contributed by atoms with Crippen LogP contribution in [-0.4, -0.2) is 58.4 Å². The molecule has 0 radical (unpaired) electrons. The second-order valence-corrected chi connectivity index (χ2v) is 7.60. The standard InChI is InChI=1S/C19H26N4O3/c1-12-9-23(10-13(2)26-12)19(3,4)11-20-18(25)16-14-7-5-6-8-15(14)17(24)22-21-16/h5-8,12-13H,9-11H2,1-4H3,(H,20,25)(H,22,24)/t12-,13-/m0/s1. The summed E-state index contributed by atoms with van der Waals surface area (Å²) in [5, 5.41) is 10.4. The van der Waals surface area contributed by atoms with Crippen LogP contribution in [0.2, 0.25) is 0 Å². The number of fused-ring (bicyclic) bond motifs is 1. The Kier molecular flexibility index (Phi) is 5.11. The molecule has 0 saturated carbocycles. The number of morpholine rings is 1. The zero-order chi connectivity index (χ0) is 18.9. The van der Waals surface area contributed by atoms with Gasteiger partial charge in [0.2, 0.25) is 0 Å². The van der Waals surface area contributed by atoms with E-state index in [9.17, 15) is 9.59 Å². The highest BCUT2D eigenvalue weighted by atomic mass is 16.5. The first-order valence-electron chi connectivity index (χ1n) is 8.94. The number of ether oxygens (including phenoxy) is 1. The van der Waals surface area contributed by atoms with Crippen molar-refractivity contribution in [3.05, 3.63) is 40.3 Å². The molecule has 1 aliphatic heterocycles. The quantitative estimate of drug-likeness (QED) is 0.866. The normalized spacial score (nSPS) is 21.7. The summed E-state index contributed by atoms with van der Waals surface area (Å²) < 4.78 is 5.79. The van der Waals surface area contributed by atoms with Gasteiger partial charge in [-0.2, -0.15) is 5.10 Å². The van der Waals surface area contributed by atoms with Crippen LogP contribution in [0.5, 0.6) is 0 Å². The first-order chi connectivity index (χ1) is 12.3. The van der Waals surface area contributed by atoms with Crippen LogP contribution in [0.4, 0.5) is 0 Å². The highest BCUT2D eigenvalue weighted by Gasteiger charge is 2.33. The van der Waals surface area contributed by atoms with Crippen LogP contribution in [0, 0.1) is 0 Å². The van der Waals surface area contributed by atoms with Gasteiger partial charge in [-0.3, -0.25) is 14.5 Å². The topological polar surface area (TPSA) is 87.3 Å². The lowest BCUT2D eigenvalue weighted by atomic mass is 10.00. The molecule has 2 atom stereocenters. The Labute approximate surface area is 152 Å². The molecule has 2 aromatic rings. The van der Waals surface area contributed by atoms with Crippen LogP contribution >= 0.6 is 0 Å². The summed E-state index contributed by atoms with van der Waals surface area (Å²) >= 11 is 0. The Hall–Kier alpha value is -2.25.